The van der Waals surface area contributed by atoms with Crippen molar-refractivity contribution >= 4 is 0 Å². The molecule has 0 radical (unpaired) electrons. The third-order valence-corrected chi connectivity index (χ3v) is 6.53. The Morgan fingerprint density at radius 1 is 1.13 bits per heavy atom. The quantitative estimate of drug-likeness (QED) is 0.767. The molecule has 0 bridgehead atoms. The average molecular weight is 414 g/mol. The van der Waals surface area contributed by atoms with Crippen molar-refractivity contribution in [1.29, 1.82) is 0 Å². The van der Waals surface area contributed by atoms with Gasteiger partial charge in [0.15, 0.2) is 0 Å². The lowest BCUT2D eigenvalue weighted by Crippen LogP contribution is -2.57. The number of hydrogen-bond acceptors (Lipinski definition) is 8. The van der Waals surface area contributed by atoms with E-state index in [1.54, 1.807) is 6.26 Å². The van der Waals surface area contributed by atoms with Crippen molar-refractivity contribution < 1.29 is 14.0 Å². The van der Waals surface area contributed by atoms with Crippen LogP contribution in [-0.4, -0.2) is 78.5 Å². The molecule has 8 heteroatoms. The number of morpholine rings is 1. The highest BCUT2D eigenvalue weighted by Crippen LogP contribution is 2.32. The normalized spacial score (nSPS) is 28.2. The minimum atomic E-state index is 0.264. The Kier molecular flexibility index (Phi) is 6.26. The molecule has 3 atom stereocenters. The van der Waals surface area contributed by atoms with Crippen LogP contribution < -0.4 is 10.1 Å². The Labute approximate surface area is 177 Å². The number of ether oxygens (including phenoxy) is 2. The summed E-state index contributed by atoms with van der Waals surface area (Å²) in [5.41, 5.74) is 2.24. The summed E-state index contributed by atoms with van der Waals surface area (Å²) in [5, 5.41) is 7.78. The predicted molar refractivity (Wildman–Crippen MR) is 111 cm³/mol. The summed E-state index contributed by atoms with van der Waals surface area (Å²) in [6.45, 7) is 8.40. The van der Waals surface area contributed by atoms with Gasteiger partial charge < -0.3 is 19.3 Å². The molecule has 5 rings (SSSR count). The van der Waals surface area contributed by atoms with E-state index in [2.05, 4.69) is 31.3 Å². The number of aromatic nitrogens is 2. The van der Waals surface area contributed by atoms with E-state index in [0.717, 1.165) is 83.5 Å². The second-order valence-electron chi connectivity index (χ2n) is 8.57. The lowest BCUT2D eigenvalue weighted by molar-refractivity contribution is 0.0340. The zero-order valence-corrected chi connectivity index (χ0v) is 17.4. The summed E-state index contributed by atoms with van der Waals surface area (Å²) < 4.78 is 16.5. The summed E-state index contributed by atoms with van der Waals surface area (Å²) in [5.74, 6) is 1.26. The van der Waals surface area contributed by atoms with Gasteiger partial charge in [-0.3, -0.25) is 9.80 Å². The van der Waals surface area contributed by atoms with Crippen molar-refractivity contribution in [2.24, 2.45) is 5.92 Å². The first-order chi connectivity index (χ1) is 14.8. The molecular formula is C22H31N5O3. The van der Waals surface area contributed by atoms with Gasteiger partial charge in [0.05, 0.1) is 25.9 Å². The van der Waals surface area contributed by atoms with Crippen molar-refractivity contribution in [1.82, 2.24) is 25.3 Å². The Morgan fingerprint density at radius 2 is 2.07 bits per heavy atom. The largest absolute Gasteiger partial charge is 0.477 e. The molecule has 3 saturated heterocycles. The van der Waals surface area contributed by atoms with Crippen LogP contribution in [-0.2, 0) is 11.3 Å². The van der Waals surface area contributed by atoms with Crippen molar-refractivity contribution in [2.75, 3.05) is 52.5 Å². The average Bonchev–Trinajstić information content (AvgIpc) is 3.33. The van der Waals surface area contributed by atoms with E-state index in [0.29, 0.717) is 12.0 Å². The van der Waals surface area contributed by atoms with Gasteiger partial charge in [-0.05, 0) is 18.4 Å². The van der Waals surface area contributed by atoms with Crippen molar-refractivity contribution in [3.8, 4) is 5.88 Å². The summed E-state index contributed by atoms with van der Waals surface area (Å²) >= 11 is 0. The number of nitrogens with zero attached hydrogens (tertiary/aromatic N) is 4. The lowest BCUT2D eigenvalue weighted by Gasteiger charge is -2.46. The van der Waals surface area contributed by atoms with E-state index in [4.69, 9.17) is 14.0 Å². The van der Waals surface area contributed by atoms with Gasteiger partial charge in [0.2, 0.25) is 5.88 Å². The number of hydrogen-bond donors (Lipinski definition) is 1. The van der Waals surface area contributed by atoms with Gasteiger partial charge in [-0.2, -0.15) is 0 Å². The van der Waals surface area contributed by atoms with E-state index in [-0.39, 0.29) is 6.04 Å². The molecule has 2 aromatic rings. The van der Waals surface area contributed by atoms with Gasteiger partial charge in [0.25, 0.3) is 0 Å². The zero-order chi connectivity index (χ0) is 20.2. The third-order valence-electron chi connectivity index (χ3n) is 6.53. The molecule has 5 heterocycles. The van der Waals surface area contributed by atoms with Gasteiger partial charge in [-0.15, -0.1) is 0 Å². The molecule has 0 aliphatic carbocycles. The van der Waals surface area contributed by atoms with Gasteiger partial charge in [0, 0.05) is 69.6 Å². The number of fused-ring (bicyclic) bond motifs is 1. The molecule has 0 saturated carbocycles. The molecule has 30 heavy (non-hydrogen) atoms. The molecule has 3 aliphatic heterocycles. The molecular weight excluding hydrogens is 382 g/mol. The number of rotatable bonds is 6. The Balaban J connectivity index is 1.10. The maximum Gasteiger partial charge on any atom is 0.213 e. The van der Waals surface area contributed by atoms with E-state index < -0.39 is 0 Å². The first-order valence-corrected chi connectivity index (χ1v) is 11.1. The molecule has 1 N–H and O–H groups in total. The standard InChI is InChI=1S/C22H31N5O3/c1-3-20-22(19-5-10-30-25-19)23-6-7-27(20)15-18(1)16-29-21-4-2-17(13-24-21)14-26-8-11-28-12-9-26/h2,4-5,10,13,18,20,22-23H,1,3,6-9,11-12,14-16H2. The van der Waals surface area contributed by atoms with Crippen LogP contribution in [0.2, 0.25) is 0 Å². The van der Waals surface area contributed by atoms with Gasteiger partial charge in [-0.25, -0.2) is 4.98 Å². The molecule has 0 aromatic carbocycles. The summed E-state index contributed by atoms with van der Waals surface area (Å²) in [6, 6.07) is 6.86. The van der Waals surface area contributed by atoms with Crippen LogP contribution in [0.1, 0.15) is 30.1 Å². The second-order valence-corrected chi connectivity index (χ2v) is 8.57. The third kappa shape index (κ3) is 4.67. The maximum absolute atomic E-state index is 6.05. The fourth-order valence-electron chi connectivity index (χ4n) is 4.91. The van der Waals surface area contributed by atoms with Crippen LogP contribution in [0, 0.1) is 5.92 Å². The first-order valence-electron chi connectivity index (χ1n) is 11.1. The Bertz CT molecular complexity index is 779. The van der Waals surface area contributed by atoms with Gasteiger partial charge in [-0.1, -0.05) is 11.2 Å². The molecule has 0 spiro atoms. The van der Waals surface area contributed by atoms with Crippen molar-refractivity contribution in [3.63, 3.8) is 0 Å². The van der Waals surface area contributed by atoms with Gasteiger partial charge >= 0.3 is 0 Å². The molecule has 2 aromatic heterocycles. The number of nitrogens with one attached hydrogen (secondary N) is 1. The first kappa shape index (κ1) is 19.9. The fourth-order valence-corrected chi connectivity index (χ4v) is 4.91. The molecule has 3 fully saturated rings. The minimum Gasteiger partial charge on any atom is -0.477 e. The topological polar surface area (TPSA) is 75.9 Å². The van der Waals surface area contributed by atoms with Crippen LogP contribution in [0.5, 0.6) is 5.88 Å². The Hall–Kier alpha value is -2.00. The minimum absolute atomic E-state index is 0.264. The fraction of sp³-hybridized carbons (Fsp3) is 0.636. The highest BCUT2D eigenvalue weighted by molar-refractivity contribution is 5.18. The summed E-state index contributed by atoms with van der Waals surface area (Å²) in [4.78, 5) is 9.53. The summed E-state index contributed by atoms with van der Waals surface area (Å²) in [6.07, 6.45) is 5.91. The predicted octanol–water partition coefficient (Wildman–Crippen LogP) is 1.71. The summed E-state index contributed by atoms with van der Waals surface area (Å²) in [7, 11) is 0. The molecule has 8 nitrogen and oxygen atoms in total. The number of piperidine rings is 1. The van der Waals surface area contributed by atoms with Gasteiger partial charge in [0.1, 0.15) is 12.0 Å². The lowest BCUT2D eigenvalue weighted by atomic mass is 9.87. The van der Waals surface area contributed by atoms with E-state index in [9.17, 15) is 0 Å². The van der Waals surface area contributed by atoms with Crippen molar-refractivity contribution in [2.45, 2.75) is 31.5 Å². The van der Waals surface area contributed by atoms with E-state index >= 15 is 0 Å². The van der Waals surface area contributed by atoms with Crippen LogP contribution in [0.3, 0.4) is 0 Å². The number of piperazine rings is 1. The highest BCUT2D eigenvalue weighted by atomic mass is 16.5. The van der Waals surface area contributed by atoms with Crippen LogP contribution in [0.15, 0.2) is 35.2 Å². The smallest absolute Gasteiger partial charge is 0.213 e. The Morgan fingerprint density at radius 3 is 2.87 bits per heavy atom. The SMILES string of the molecule is c1cc(C2NCCN3CC(COc4ccc(CN5CCOCC5)cn4)CCC23)no1. The van der Waals surface area contributed by atoms with Crippen LogP contribution in [0.25, 0.3) is 0 Å². The van der Waals surface area contributed by atoms with Crippen molar-refractivity contribution in [3.05, 3.63) is 41.9 Å². The van der Waals surface area contributed by atoms with Crippen LogP contribution in [0.4, 0.5) is 0 Å². The second kappa shape index (κ2) is 9.43. The molecule has 3 aliphatic rings. The highest BCUT2D eigenvalue weighted by Gasteiger charge is 2.38. The monoisotopic (exact) mass is 413 g/mol. The van der Waals surface area contributed by atoms with E-state index in [1.807, 2.05) is 18.3 Å². The zero-order valence-electron chi connectivity index (χ0n) is 17.4. The molecule has 0 amide bonds. The van der Waals surface area contributed by atoms with E-state index in [1.165, 1.54) is 5.56 Å². The van der Waals surface area contributed by atoms with Crippen LogP contribution >= 0.6 is 0 Å². The molecule has 162 valence electrons. The maximum atomic E-state index is 6.05. The molecule has 3 unspecified atom stereocenters. The number of pyridine rings is 1.